The maximum atomic E-state index is 8.90. The van der Waals surface area contributed by atoms with Crippen molar-refractivity contribution in [2.75, 3.05) is 0 Å². The molecule has 0 unspecified atom stereocenters. The first-order valence-electron chi connectivity index (χ1n) is 0.882. The Labute approximate surface area is 28.0 Å². The monoisotopic (exact) mass is 76.0 g/mol. The third kappa shape index (κ3) is 3.23. The van der Waals surface area contributed by atoms with Crippen molar-refractivity contribution < 1.29 is 15.1 Å². The van der Waals surface area contributed by atoms with Gasteiger partial charge in [-0.2, -0.15) is 5.48 Å². The van der Waals surface area contributed by atoms with Crippen LogP contribution in [0.5, 0.6) is 0 Å². The van der Waals surface area contributed by atoms with E-state index in [9.17, 15) is 0 Å². The van der Waals surface area contributed by atoms with Crippen LogP contribution in [0.4, 0.5) is 4.79 Å². The molecule has 0 aromatic rings. The van der Waals surface area contributed by atoms with E-state index in [4.69, 9.17) is 15.1 Å². The molecule has 0 atom stereocenters. The number of amides is 1. The van der Waals surface area contributed by atoms with Crippen LogP contribution in [0, 0.1) is 0 Å². The average molecular weight is 76.0 g/mol. The van der Waals surface area contributed by atoms with Crippen LogP contribution < -0.4 is 5.48 Å². The van der Waals surface area contributed by atoms with Crippen LogP contribution in [0.3, 0.4) is 0 Å². The van der Waals surface area contributed by atoms with Gasteiger partial charge in [0.2, 0.25) is 0 Å². The third-order valence-electron chi connectivity index (χ3n) is 0.0913. The topological polar surface area (TPSA) is 69.2 Å². The molecule has 0 saturated heterocycles. The summed E-state index contributed by atoms with van der Waals surface area (Å²) < 4.78 is 0. The van der Waals surface area contributed by atoms with Gasteiger partial charge in [-0.05, 0) is 0 Å². The number of hydrogen-bond acceptors (Lipinski definition) is 2. The van der Waals surface area contributed by atoms with E-state index in [1.165, 1.54) is 0 Å². The summed E-state index contributed by atoms with van der Waals surface area (Å²) >= 11 is 0. The molecule has 5 heavy (non-hydrogen) atoms. The van der Waals surface area contributed by atoms with Crippen LogP contribution in [0.2, 0.25) is 0 Å². The zero-order chi connectivity index (χ0) is 4.28. The Balaban J connectivity index is 2.85. The molecule has 0 fully saturated rings. The smallest absolute Gasteiger partial charge is 0.286 e. The minimum Gasteiger partial charge on any atom is -0.286 e. The molecule has 1 amide bonds. The minimum absolute atomic E-state index is 0.833. The van der Waals surface area contributed by atoms with E-state index in [-0.39, 0.29) is 0 Å². The van der Waals surface area contributed by atoms with Crippen LogP contribution in [0.1, 0.15) is 0 Å². The number of hydroxylamine groups is 1. The molecule has 0 rings (SSSR count). The molecule has 0 heterocycles. The first-order valence-corrected chi connectivity index (χ1v) is 0.882. The molecule has 0 aromatic carbocycles. The number of rotatable bonds is 0. The van der Waals surface area contributed by atoms with Crippen molar-refractivity contribution in [2.45, 2.75) is 0 Å². The molecule has 4 nitrogen and oxygen atoms in total. The second-order valence-corrected chi connectivity index (χ2v) is 0.399. The summed E-state index contributed by atoms with van der Waals surface area (Å²) in [6.07, 6.45) is -1.69. The molecular weight excluding hydrogens is 74.0 g/mol. The fourth-order valence-electron chi connectivity index (χ4n) is 0. The number of carbonyl (C=O) groups excluding carboxylic acids is 1. The summed E-state index contributed by atoms with van der Waals surface area (Å²) in [5.74, 6) is 0. The molecule has 0 aliphatic heterocycles. The van der Waals surface area contributed by atoms with Gasteiger partial charge in [-0.3, -0.25) is 5.21 Å². The molecule has 0 spiro atoms. The van der Waals surface area contributed by atoms with Crippen LogP contribution in [0.15, 0.2) is 0 Å². The summed E-state index contributed by atoms with van der Waals surface area (Å²) in [5, 5.41) is 16.1. The second kappa shape index (κ2) is 1.54. The van der Waals surface area contributed by atoms with Crippen molar-refractivity contribution >= 4 is 6.09 Å². The van der Waals surface area contributed by atoms with Gasteiger partial charge in [0.25, 0.3) is 0 Å². The molecule has 0 bridgehead atoms. The van der Waals surface area contributed by atoms with Gasteiger partial charge in [-0.1, -0.05) is 0 Å². The van der Waals surface area contributed by atoms with Crippen LogP contribution in [-0.2, 0) is 5.11 Å². The van der Waals surface area contributed by atoms with Crippen molar-refractivity contribution in [3.05, 3.63) is 0 Å². The average Bonchev–Trinajstić information content (AvgIpc) is 1.38. The van der Waals surface area contributed by atoms with E-state index in [0.717, 1.165) is 5.48 Å². The van der Waals surface area contributed by atoms with Crippen LogP contribution in [-0.4, -0.2) is 11.3 Å². The molecule has 2 N–H and O–H groups in total. The Morgan fingerprint density at radius 2 is 2.00 bits per heavy atom. The van der Waals surface area contributed by atoms with E-state index >= 15 is 0 Å². The zero-order valence-corrected chi connectivity index (χ0v) is 2.26. The zero-order valence-electron chi connectivity index (χ0n) is 2.26. The summed E-state index contributed by atoms with van der Waals surface area (Å²) in [6, 6.07) is 0. The van der Waals surface area contributed by atoms with Gasteiger partial charge >= 0.3 is 6.09 Å². The van der Waals surface area contributed by atoms with Gasteiger partial charge in [0.05, 0.1) is 0 Å². The van der Waals surface area contributed by atoms with E-state index in [1.54, 1.807) is 0 Å². The summed E-state index contributed by atoms with van der Waals surface area (Å²) in [7, 11) is 0. The number of hydrogen-bond donors (Lipinski definition) is 2. The molecule has 1 radical (unpaired) electrons. The minimum atomic E-state index is -1.69. The fraction of sp³-hybridized carbons (Fsp3) is 0. The van der Waals surface area contributed by atoms with Gasteiger partial charge in [0.15, 0.2) is 0 Å². The summed E-state index contributed by atoms with van der Waals surface area (Å²) in [5.41, 5.74) is 0.833. The summed E-state index contributed by atoms with van der Waals surface area (Å²) in [4.78, 5) is 8.90. The first kappa shape index (κ1) is 4.23. The number of nitrogens with one attached hydrogen (secondary N) is 1. The lowest BCUT2D eigenvalue weighted by Crippen LogP contribution is -2.12. The third-order valence-corrected chi connectivity index (χ3v) is 0.0913. The van der Waals surface area contributed by atoms with Crippen molar-refractivity contribution in [1.29, 1.82) is 0 Å². The van der Waals surface area contributed by atoms with E-state index in [0.29, 0.717) is 0 Å². The van der Waals surface area contributed by atoms with Crippen LogP contribution >= 0.6 is 0 Å². The van der Waals surface area contributed by atoms with Crippen molar-refractivity contribution in [1.82, 2.24) is 5.48 Å². The Bertz CT molecular complexity index is 42.2. The normalized spacial score (nSPS) is 6.60. The highest BCUT2D eigenvalue weighted by atomic mass is 16.5. The van der Waals surface area contributed by atoms with Gasteiger partial charge in [0.1, 0.15) is 0 Å². The highest BCUT2D eigenvalue weighted by molar-refractivity contribution is 5.62. The lowest BCUT2D eigenvalue weighted by atomic mass is 11.3. The largest absolute Gasteiger partial charge is 0.473 e. The standard InChI is InChI=1S/CH2NO3/c3-1(4)2-5/h2,5H. The van der Waals surface area contributed by atoms with Crippen molar-refractivity contribution in [3.8, 4) is 0 Å². The molecule has 4 heteroatoms. The van der Waals surface area contributed by atoms with E-state index < -0.39 is 6.09 Å². The predicted octanol–water partition coefficient (Wildman–Crippen LogP) is -0.484. The number of carbonyl (C=O) groups is 1. The first-order chi connectivity index (χ1) is 2.27. The highest BCUT2D eigenvalue weighted by Crippen LogP contribution is 1.48. The molecule has 0 aliphatic rings. The van der Waals surface area contributed by atoms with E-state index in [2.05, 4.69) is 0 Å². The van der Waals surface area contributed by atoms with Gasteiger partial charge in [-0.25, -0.2) is 9.90 Å². The Morgan fingerprint density at radius 3 is 2.00 bits per heavy atom. The maximum absolute atomic E-state index is 8.90. The maximum Gasteiger partial charge on any atom is 0.473 e. The Hall–Kier alpha value is -0.770. The van der Waals surface area contributed by atoms with Crippen molar-refractivity contribution in [3.63, 3.8) is 0 Å². The quantitative estimate of drug-likeness (QED) is 0.302. The predicted molar refractivity (Wildman–Crippen MR) is 11.0 cm³/mol. The Morgan fingerprint density at radius 1 is 1.80 bits per heavy atom. The Kier molecular flexibility index (Phi) is 1.30. The molecule has 29 valence electrons. The molecular formula is CH2NO3. The molecule has 0 aliphatic carbocycles. The van der Waals surface area contributed by atoms with Gasteiger partial charge in [0, 0.05) is 0 Å². The van der Waals surface area contributed by atoms with Gasteiger partial charge < -0.3 is 0 Å². The summed E-state index contributed by atoms with van der Waals surface area (Å²) in [6.45, 7) is 0. The van der Waals surface area contributed by atoms with Crippen LogP contribution in [0.25, 0.3) is 0 Å². The lowest BCUT2D eigenvalue weighted by Gasteiger charge is -1.72. The molecule has 0 aromatic heterocycles. The van der Waals surface area contributed by atoms with Crippen molar-refractivity contribution in [2.24, 2.45) is 0 Å². The SMILES string of the molecule is [O]C(=O)NO. The van der Waals surface area contributed by atoms with E-state index in [1.807, 2.05) is 0 Å². The fourth-order valence-corrected chi connectivity index (χ4v) is 0. The second-order valence-electron chi connectivity index (χ2n) is 0.399. The lowest BCUT2D eigenvalue weighted by molar-refractivity contribution is 0.102. The highest BCUT2D eigenvalue weighted by Gasteiger charge is 1.84. The molecule has 0 saturated carbocycles. The van der Waals surface area contributed by atoms with Gasteiger partial charge in [-0.15, -0.1) is 0 Å².